The number of pyridine rings is 1. The van der Waals surface area contributed by atoms with Gasteiger partial charge in [0.05, 0.1) is 6.20 Å². The summed E-state index contributed by atoms with van der Waals surface area (Å²) in [7, 11) is 3.79. The molecule has 0 bridgehead atoms. The second-order valence-electron chi connectivity index (χ2n) is 3.86. The highest BCUT2D eigenvalue weighted by Crippen LogP contribution is 2.08. The molecular formula is C12H17N5. The molecule has 0 saturated heterocycles. The zero-order valence-corrected chi connectivity index (χ0v) is 10.1. The largest absolute Gasteiger partial charge is 0.373 e. The van der Waals surface area contributed by atoms with Gasteiger partial charge < -0.3 is 10.6 Å². The molecule has 0 aliphatic heterocycles. The maximum Gasteiger partial charge on any atom is 0.128 e. The van der Waals surface area contributed by atoms with Crippen LogP contribution < -0.4 is 10.6 Å². The Labute approximate surface area is 101 Å². The predicted octanol–water partition coefficient (Wildman–Crippen LogP) is 1.51. The molecule has 0 atom stereocenters. The van der Waals surface area contributed by atoms with Gasteiger partial charge in [-0.15, -0.1) is 0 Å². The van der Waals surface area contributed by atoms with Crippen LogP contribution in [0.15, 0.2) is 30.6 Å². The van der Waals surface area contributed by atoms with Crippen LogP contribution in [0.1, 0.15) is 5.56 Å². The number of anilines is 2. The van der Waals surface area contributed by atoms with Crippen molar-refractivity contribution in [3.63, 3.8) is 0 Å². The molecule has 5 heteroatoms. The van der Waals surface area contributed by atoms with Crippen LogP contribution in [0.2, 0.25) is 0 Å². The maximum atomic E-state index is 4.38. The number of aryl methyl sites for hydroxylation is 1. The fourth-order valence-corrected chi connectivity index (χ4v) is 1.61. The monoisotopic (exact) mass is 231 g/mol. The molecule has 5 nitrogen and oxygen atoms in total. The third kappa shape index (κ3) is 3.21. The highest BCUT2D eigenvalue weighted by atomic mass is 15.2. The summed E-state index contributed by atoms with van der Waals surface area (Å²) in [6.45, 7) is 0.853. The molecule has 0 fully saturated rings. The standard InChI is InChI=1S/C12H17N5/c1-13-11-4-3-5-12(16-11)14-7-6-10-8-15-17(2)9-10/h3-5,8-9H,6-7H2,1-2H3,(H2,13,14,16). The van der Waals surface area contributed by atoms with Gasteiger partial charge in [0, 0.05) is 26.8 Å². The summed E-state index contributed by atoms with van der Waals surface area (Å²) in [5.74, 6) is 1.76. The van der Waals surface area contributed by atoms with Crippen LogP contribution in [-0.4, -0.2) is 28.4 Å². The van der Waals surface area contributed by atoms with Crippen LogP contribution in [-0.2, 0) is 13.5 Å². The summed E-state index contributed by atoms with van der Waals surface area (Å²) >= 11 is 0. The van der Waals surface area contributed by atoms with Crippen molar-refractivity contribution in [2.75, 3.05) is 24.2 Å². The number of hydrogen-bond donors (Lipinski definition) is 2. The molecule has 90 valence electrons. The summed E-state index contributed by atoms with van der Waals surface area (Å²) in [6.07, 6.45) is 4.86. The van der Waals surface area contributed by atoms with E-state index >= 15 is 0 Å². The van der Waals surface area contributed by atoms with Crippen molar-refractivity contribution < 1.29 is 0 Å². The SMILES string of the molecule is CNc1cccc(NCCc2cnn(C)c2)n1. The number of aromatic nitrogens is 3. The minimum absolute atomic E-state index is 0.853. The fourth-order valence-electron chi connectivity index (χ4n) is 1.61. The summed E-state index contributed by atoms with van der Waals surface area (Å²) in [5, 5.41) is 10.4. The van der Waals surface area contributed by atoms with E-state index in [1.54, 1.807) is 0 Å². The molecule has 2 aromatic rings. The van der Waals surface area contributed by atoms with Crippen LogP contribution in [0.5, 0.6) is 0 Å². The average Bonchev–Trinajstić information content (AvgIpc) is 2.75. The normalized spacial score (nSPS) is 10.2. The van der Waals surface area contributed by atoms with Crippen LogP contribution in [0.25, 0.3) is 0 Å². The third-order valence-electron chi connectivity index (χ3n) is 2.48. The molecule has 0 amide bonds. The van der Waals surface area contributed by atoms with E-state index in [2.05, 4.69) is 20.7 Å². The number of hydrogen-bond acceptors (Lipinski definition) is 4. The van der Waals surface area contributed by atoms with Crippen LogP contribution >= 0.6 is 0 Å². The number of nitrogens with zero attached hydrogens (tertiary/aromatic N) is 3. The van der Waals surface area contributed by atoms with Crippen LogP contribution in [0, 0.1) is 0 Å². The molecule has 2 N–H and O–H groups in total. The predicted molar refractivity (Wildman–Crippen MR) is 69.2 cm³/mol. The van der Waals surface area contributed by atoms with Gasteiger partial charge in [0.15, 0.2) is 0 Å². The first-order valence-corrected chi connectivity index (χ1v) is 5.64. The fraction of sp³-hybridized carbons (Fsp3) is 0.333. The first-order chi connectivity index (χ1) is 8.28. The molecule has 0 radical (unpaired) electrons. The first-order valence-electron chi connectivity index (χ1n) is 5.64. The third-order valence-corrected chi connectivity index (χ3v) is 2.48. The molecule has 0 aromatic carbocycles. The Bertz CT molecular complexity index is 477. The summed E-state index contributed by atoms with van der Waals surface area (Å²) in [5.41, 5.74) is 1.23. The van der Waals surface area contributed by atoms with E-state index in [9.17, 15) is 0 Å². The van der Waals surface area contributed by atoms with E-state index in [1.807, 2.05) is 49.4 Å². The van der Waals surface area contributed by atoms with Crippen molar-refractivity contribution in [2.45, 2.75) is 6.42 Å². The van der Waals surface area contributed by atoms with Crippen molar-refractivity contribution in [3.05, 3.63) is 36.2 Å². The van der Waals surface area contributed by atoms with Crippen molar-refractivity contribution in [2.24, 2.45) is 7.05 Å². The van der Waals surface area contributed by atoms with Crippen LogP contribution in [0.4, 0.5) is 11.6 Å². The zero-order valence-electron chi connectivity index (χ0n) is 10.1. The molecule has 0 saturated carbocycles. The average molecular weight is 231 g/mol. The Morgan fingerprint density at radius 3 is 2.82 bits per heavy atom. The van der Waals surface area contributed by atoms with Gasteiger partial charge >= 0.3 is 0 Å². The van der Waals surface area contributed by atoms with E-state index in [0.29, 0.717) is 0 Å². The lowest BCUT2D eigenvalue weighted by atomic mass is 10.2. The van der Waals surface area contributed by atoms with E-state index in [-0.39, 0.29) is 0 Å². The quantitative estimate of drug-likeness (QED) is 0.819. The minimum Gasteiger partial charge on any atom is -0.373 e. The lowest BCUT2D eigenvalue weighted by Gasteiger charge is -2.06. The lowest BCUT2D eigenvalue weighted by molar-refractivity contribution is 0.767. The molecular weight excluding hydrogens is 214 g/mol. The van der Waals surface area contributed by atoms with Gasteiger partial charge in [-0.25, -0.2) is 4.98 Å². The highest BCUT2D eigenvalue weighted by Gasteiger charge is 1.98. The summed E-state index contributed by atoms with van der Waals surface area (Å²) in [6, 6.07) is 5.88. The Kier molecular flexibility index (Phi) is 3.59. The van der Waals surface area contributed by atoms with E-state index in [4.69, 9.17) is 0 Å². The Hall–Kier alpha value is -2.04. The van der Waals surface area contributed by atoms with Crippen molar-refractivity contribution >= 4 is 11.6 Å². The second kappa shape index (κ2) is 5.34. The van der Waals surface area contributed by atoms with E-state index in [1.165, 1.54) is 5.56 Å². The molecule has 2 rings (SSSR count). The van der Waals surface area contributed by atoms with Crippen molar-refractivity contribution in [1.82, 2.24) is 14.8 Å². The smallest absolute Gasteiger partial charge is 0.128 e. The van der Waals surface area contributed by atoms with Gasteiger partial charge in [-0.3, -0.25) is 4.68 Å². The van der Waals surface area contributed by atoms with Crippen LogP contribution in [0.3, 0.4) is 0 Å². The van der Waals surface area contributed by atoms with E-state index in [0.717, 1.165) is 24.6 Å². The Balaban J connectivity index is 1.85. The molecule has 2 heterocycles. The lowest BCUT2D eigenvalue weighted by Crippen LogP contribution is -2.06. The molecule has 0 spiro atoms. The molecule has 0 aliphatic rings. The highest BCUT2D eigenvalue weighted by molar-refractivity contribution is 5.44. The van der Waals surface area contributed by atoms with E-state index < -0.39 is 0 Å². The summed E-state index contributed by atoms with van der Waals surface area (Å²) in [4.78, 5) is 4.38. The molecule has 0 aliphatic carbocycles. The van der Waals surface area contributed by atoms with Gasteiger partial charge in [-0.05, 0) is 24.1 Å². The second-order valence-corrected chi connectivity index (χ2v) is 3.86. The van der Waals surface area contributed by atoms with Crippen molar-refractivity contribution in [1.29, 1.82) is 0 Å². The van der Waals surface area contributed by atoms with Gasteiger partial charge in [-0.2, -0.15) is 5.10 Å². The summed E-state index contributed by atoms with van der Waals surface area (Å²) < 4.78 is 1.81. The van der Waals surface area contributed by atoms with Gasteiger partial charge in [0.2, 0.25) is 0 Å². The Morgan fingerprint density at radius 1 is 1.29 bits per heavy atom. The number of nitrogens with one attached hydrogen (secondary N) is 2. The Morgan fingerprint density at radius 2 is 2.12 bits per heavy atom. The van der Waals surface area contributed by atoms with Gasteiger partial charge in [-0.1, -0.05) is 6.07 Å². The topological polar surface area (TPSA) is 54.8 Å². The van der Waals surface area contributed by atoms with Gasteiger partial charge in [0.25, 0.3) is 0 Å². The minimum atomic E-state index is 0.853. The van der Waals surface area contributed by atoms with Gasteiger partial charge in [0.1, 0.15) is 11.6 Å². The zero-order chi connectivity index (χ0) is 12.1. The number of rotatable bonds is 5. The molecule has 17 heavy (non-hydrogen) atoms. The van der Waals surface area contributed by atoms with Crippen molar-refractivity contribution in [3.8, 4) is 0 Å². The molecule has 2 aromatic heterocycles. The first kappa shape index (κ1) is 11.4. The maximum absolute atomic E-state index is 4.38. The molecule has 0 unspecified atom stereocenters.